The first-order valence-corrected chi connectivity index (χ1v) is 8.47. The second-order valence-electron chi connectivity index (χ2n) is 4.87. The van der Waals surface area contributed by atoms with Gasteiger partial charge in [0.05, 0.1) is 11.7 Å². The maximum atomic E-state index is 11.1. The van der Waals surface area contributed by atoms with Crippen LogP contribution in [0.25, 0.3) is 0 Å². The molecule has 1 aliphatic heterocycles. The summed E-state index contributed by atoms with van der Waals surface area (Å²) in [6.07, 6.45) is 3.08. The van der Waals surface area contributed by atoms with Crippen LogP contribution in [0.15, 0.2) is 18.2 Å². The average Bonchev–Trinajstić information content (AvgIpc) is 2.78. The highest BCUT2D eigenvalue weighted by Crippen LogP contribution is 2.50. The highest BCUT2D eigenvalue weighted by Gasteiger charge is 2.45. The van der Waals surface area contributed by atoms with E-state index in [1.54, 1.807) is 7.11 Å². The highest BCUT2D eigenvalue weighted by atomic mass is 32.2. The summed E-state index contributed by atoms with van der Waals surface area (Å²) < 4.78 is 5.57. The van der Waals surface area contributed by atoms with Crippen molar-refractivity contribution in [2.45, 2.75) is 29.4 Å². The number of aryl methyl sites for hydroxylation is 1. The normalized spacial score (nSPS) is 28.1. The van der Waals surface area contributed by atoms with Crippen molar-refractivity contribution < 1.29 is 9.84 Å². The number of fused-ring (bicyclic) bond motifs is 1. The molecule has 18 heavy (non-hydrogen) atoms. The number of hydrogen-bond donors (Lipinski definition) is 1. The predicted octanol–water partition coefficient (Wildman–Crippen LogP) is 3.03. The minimum Gasteiger partial charge on any atom is -0.497 e. The summed E-state index contributed by atoms with van der Waals surface area (Å²) in [4.78, 5) is 0. The minimum absolute atomic E-state index is 0.277. The molecule has 1 N–H and O–H groups in total. The fourth-order valence-electron chi connectivity index (χ4n) is 2.77. The number of aliphatic hydroxyl groups is 1. The van der Waals surface area contributed by atoms with E-state index in [4.69, 9.17) is 4.74 Å². The largest absolute Gasteiger partial charge is 0.497 e. The molecule has 3 rings (SSSR count). The van der Waals surface area contributed by atoms with Crippen molar-refractivity contribution in [3.8, 4) is 5.75 Å². The molecule has 1 aromatic carbocycles. The third kappa shape index (κ3) is 2.04. The molecule has 2 nitrogen and oxygen atoms in total. The molecule has 1 aromatic rings. The van der Waals surface area contributed by atoms with Gasteiger partial charge in [0.1, 0.15) is 11.4 Å². The van der Waals surface area contributed by atoms with E-state index < -0.39 is 5.60 Å². The molecule has 0 bridgehead atoms. The molecule has 2 aliphatic rings. The first-order valence-electron chi connectivity index (χ1n) is 6.37. The lowest BCUT2D eigenvalue weighted by Gasteiger charge is -2.35. The van der Waals surface area contributed by atoms with Gasteiger partial charge in [-0.3, -0.25) is 0 Å². The van der Waals surface area contributed by atoms with Crippen molar-refractivity contribution in [1.82, 2.24) is 0 Å². The average molecular weight is 282 g/mol. The van der Waals surface area contributed by atoms with Gasteiger partial charge >= 0.3 is 0 Å². The van der Waals surface area contributed by atoms with E-state index in [0.29, 0.717) is 0 Å². The number of hydrogen-bond acceptors (Lipinski definition) is 4. The third-order valence-electron chi connectivity index (χ3n) is 3.78. The van der Waals surface area contributed by atoms with Crippen LogP contribution in [-0.4, -0.2) is 28.3 Å². The quantitative estimate of drug-likeness (QED) is 0.903. The maximum Gasteiger partial charge on any atom is 0.119 e. The van der Waals surface area contributed by atoms with Crippen LogP contribution in [0.2, 0.25) is 0 Å². The highest BCUT2D eigenvalue weighted by molar-refractivity contribution is 8.17. The van der Waals surface area contributed by atoms with Crippen molar-refractivity contribution in [3.05, 3.63) is 29.3 Å². The molecule has 4 heteroatoms. The van der Waals surface area contributed by atoms with Crippen LogP contribution in [0.3, 0.4) is 0 Å². The number of methoxy groups -OCH3 is 1. The summed E-state index contributed by atoms with van der Waals surface area (Å²) in [5.41, 5.74) is 1.71. The van der Waals surface area contributed by atoms with E-state index in [2.05, 4.69) is 6.07 Å². The Morgan fingerprint density at radius 2 is 2.11 bits per heavy atom. The van der Waals surface area contributed by atoms with Crippen molar-refractivity contribution in [2.75, 3.05) is 18.6 Å². The zero-order valence-corrected chi connectivity index (χ0v) is 12.1. The minimum atomic E-state index is -0.667. The Morgan fingerprint density at radius 3 is 2.83 bits per heavy atom. The molecule has 0 amide bonds. The van der Waals surface area contributed by atoms with E-state index >= 15 is 0 Å². The molecule has 98 valence electrons. The first kappa shape index (κ1) is 12.7. The number of ether oxygens (including phenoxy) is 1. The maximum absolute atomic E-state index is 11.1. The lowest BCUT2D eigenvalue weighted by atomic mass is 9.98. The first-order chi connectivity index (χ1) is 8.74. The van der Waals surface area contributed by atoms with Crippen LogP contribution >= 0.6 is 23.5 Å². The zero-order chi connectivity index (χ0) is 12.6. The van der Waals surface area contributed by atoms with Gasteiger partial charge in [-0.25, -0.2) is 0 Å². The van der Waals surface area contributed by atoms with Gasteiger partial charge in [-0.15, -0.1) is 23.5 Å². The van der Waals surface area contributed by atoms with E-state index in [-0.39, 0.29) is 4.58 Å². The van der Waals surface area contributed by atoms with Crippen LogP contribution in [0.5, 0.6) is 5.75 Å². The van der Waals surface area contributed by atoms with Crippen LogP contribution < -0.4 is 4.74 Å². The number of thioether (sulfide) groups is 2. The van der Waals surface area contributed by atoms with Crippen LogP contribution in [0, 0.1) is 0 Å². The van der Waals surface area contributed by atoms with Crippen LogP contribution in [0.1, 0.15) is 24.0 Å². The van der Waals surface area contributed by atoms with E-state index in [0.717, 1.165) is 24.2 Å². The summed E-state index contributed by atoms with van der Waals surface area (Å²) in [7, 11) is 1.68. The third-order valence-corrected chi connectivity index (χ3v) is 7.03. The van der Waals surface area contributed by atoms with Crippen molar-refractivity contribution in [1.29, 1.82) is 0 Å². The summed E-state index contributed by atoms with van der Waals surface area (Å²) >= 11 is 3.82. The van der Waals surface area contributed by atoms with Crippen molar-refractivity contribution in [3.63, 3.8) is 0 Å². The van der Waals surface area contributed by atoms with E-state index in [1.807, 2.05) is 35.7 Å². The molecule has 0 radical (unpaired) electrons. The van der Waals surface area contributed by atoms with Gasteiger partial charge in [-0.05, 0) is 54.0 Å². The number of benzene rings is 1. The Balaban J connectivity index is 1.95. The standard InChI is InChI=1S/C14H18O2S2/c1-16-11-4-3-10-5-6-14(15,12(10)9-11)13-17-7-2-8-18-13/h3-4,9,13,15H,2,5-8H2,1H3. The van der Waals surface area contributed by atoms with Gasteiger partial charge in [-0.2, -0.15) is 0 Å². The van der Waals surface area contributed by atoms with Crippen molar-refractivity contribution >= 4 is 23.5 Å². The smallest absolute Gasteiger partial charge is 0.119 e. The van der Waals surface area contributed by atoms with Crippen molar-refractivity contribution in [2.24, 2.45) is 0 Å². The molecule has 1 heterocycles. The Kier molecular flexibility index (Phi) is 3.52. The van der Waals surface area contributed by atoms with Gasteiger partial charge < -0.3 is 9.84 Å². The van der Waals surface area contributed by atoms with E-state index in [1.165, 1.54) is 23.5 Å². The number of rotatable bonds is 2. The molecule has 1 fully saturated rings. The van der Waals surface area contributed by atoms with Gasteiger partial charge in [-0.1, -0.05) is 6.07 Å². The zero-order valence-electron chi connectivity index (χ0n) is 10.5. The fraction of sp³-hybridized carbons (Fsp3) is 0.571. The van der Waals surface area contributed by atoms with Gasteiger partial charge in [0.2, 0.25) is 0 Å². The summed E-state index contributed by atoms with van der Waals surface area (Å²) in [6, 6.07) is 6.12. The Labute approximate surface area is 116 Å². The topological polar surface area (TPSA) is 29.5 Å². The molecule has 1 aliphatic carbocycles. The molecular formula is C14H18O2S2. The fourth-order valence-corrected chi connectivity index (χ4v) is 6.01. The summed E-state index contributed by atoms with van der Waals surface area (Å²) in [5.74, 6) is 3.18. The summed E-state index contributed by atoms with van der Waals surface area (Å²) in [5, 5.41) is 11.1. The van der Waals surface area contributed by atoms with Crippen LogP contribution in [0.4, 0.5) is 0 Å². The van der Waals surface area contributed by atoms with Gasteiger partial charge in [0, 0.05) is 0 Å². The van der Waals surface area contributed by atoms with Crippen LogP contribution in [-0.2, 0) is 12.0 Å². The van der Waals surface area contributed by atoms with E-state index in [9.17, 15) is 5.11 Å². The monoisotopic (exact) mass is 282 g/mol. The predicted molar refractivity (Wildman–Crippen MR) is 78.5 cm³/mol. The summed E-state index contributed by atoms with van der Waals surface area (Å²) in [6.45, 7) is 0. The Morgan fingerprint density at radius 1 is 1.33 bits per heavy atom. The molecule has 0 saturated carbocycles. The molecule has 1 saturated heterocycles. The second-order valence-corrected chi connectivity index (χ2v) is 7.60. The Hall–Kier alpha value is -0.320. The lowest BCUT2D eigenvalue weighted by Crippen LogP contribution is -2.35. The second kappa shape index (κ2) is 4.99. The molecular weight excluding hydrogens is 264 g/mol. The SMILES string of the molecule is COc1ccc2c(c1)C(O)(C1SCCCS1)CC2. The van der Waals surface area contributed by atoms with Gasteiger partial charge in [0.15, 0.2) is 0 Å². The van der Waals surface area contributed by atoms with Gasteiger partial charge in [0.25, 0.3) is 0 Å². The molecule has 0 aromatic heterocycles. The molecule has 1 atom stereocenters. The molecule has 1 unspecified atom stereocenters. The Bertz CT molecular complexity index is 443. The molecule has 0 spiro atoms. The lowest BCUT2D eigenvalue weighted by molar-refractivity contribution is 0.0562.